The van der Waals surface area contributed by atoms with Crippen molar-refractivity contribution in [3.63, 3.8) is 0 Å². The molecule has 0 atom stereocenters. The van der Waals surface area contributed by atoms with E-state index in [1.165, 1.54) is 0 Å². The molecular weight excluding hydrogens is 1010 g/mol. The molecular formula is C74H96N2O6+2. The van der Waals surface area contributed by atoms with E-state index in [1.54, 1.807) is 0 Å². The number of rotatable bonds is 12. The molecule has 0 heterocycles. The lowest BCUT2D eigenvalue weighted by Crippen LogP contribution is -2.43. The summed E-state index contributed by atoms with van der Waals surface area (Å²) >= 11 is 0. The smallest absolute Gasteiger partial charge is 0.122 e. The monoisotopic (exact) mass is 1110 g/mol. The largest absolute Gasteiger partial charge is 0.507 e. The lowest BCUT2D eigenvalue weighted by molar-refractivity contribution is -0.911. The molecule has 0 spiro atoms. The van der Waals surface area contributed by atoms with Crippen LogP contribution in [0.25, 0.3) is 0 Å². The van der Waals surface area contributed by atoms with Gasteiger partial charge in [-0.1, -0.05) is 158 Å². The Kier molecular flexibility index (Phi) is 18.1. The number of phenols is 6. The number of hydrogen-bond donors (Lipinski definition) is 6. The van der Waals surface area contributed by atoms with Gasteiger partial charge in [0.25, 0.3) is 0 Å². The third-order valence-electron chi connectivity index (χ3n) is 16.9. The van der Waals surface area contributed by atoms with E-state index in [1.807, 2.05) is 97.1 Å². The highest BCUT2D eigenvalue weighted by Gasteiger charge is 2.30. The maximum Gasteiger partial charge on any atom is 0.122 e. The van der Waals surface area contributed by atoms with Crippen molar-refractivity contribution in [1.29, 1.82) is 0 Å². The minimum atomic E-state index is -0.338. The Balaban J connectivity index is 1.59. The fourth-order valence-electron chi connectivity index (χ4n) is 12.0. The van der Waals surface area contributed by atoms with Gasteiger partial charge >= 0.3 is 0 Å². The van der Waals surface area contributed by atoms with Crippen LogP contribution < -0.4 is 0 Å². The Bertz CT molecular complexity index is 2990. The van der Waals surface area contributed by atoms with Crippen LogP contribution in [-0.4, -0.2) is 79.9 Å². The van der Waals surface area contributed by atoms with Gasteiger partial charge < -0.3 is 39.6 Å². The number of aromatic hydroxyl groups is 6. The van der Waals surface area contributed by atoms with Crippen LogP contribution in [-0.2, 0) is 73.3 Å². The molecule has 0 aliphatic heterocycles. The predicted molar refractivity (Wildman–Crippen MR) is 340 cm³/mol. The molecule has 7 rings (SSSR count). The molecule has 0 aromatic heterocycles. The lowest BCUT2D eigenvalue weighted by Gasteiger charge is -2.33. The quantitative estimate of drug-likeness (QED) is 0.0536. The molecule has 6 N–H and O–H groups in total. The number of hydrogen-bond acceptors (Lipinski definition) is 6. The normalized spacial score (nSPS) is 13.7. The third-order valence-corrected chi connectivity index (χ3v) is 16.9. The van der Waals surface area contributed by atoms with Crippen molar-refractivity contribution in [2.24, 2.45) is 0 Å². The highest BCUT2D eigenvalue weighted by molar-refractivity contribution is 5.60. The van der Waals surface area contributed by atoms with Crippen LogP contribution in [0.1, 0.15) is 183 Å². The fraction of sp³-hybridized carbons (Fsp3) is 0.405. The molecule has 0 unspecified atom stereocenters. The van der Waals surface area contributed by atoms with Gasteiger partial charge in [0.1, 0.15) is 47.6 Å². The van der Waals surface area contributed by atoms with Crippen molar-refractivity contribution in [2.45, 2.75) is 156 Å². The van der Waals surface area contributed by atoms with Gasteiger partial charge in [0.05, 0.1) is 40.3 Å². The molecule has 0 saturated carbocycles. The van der Waals surface area contributed by atoms with Crippen molar-refractivity contribution < 1.29 is 39.6 Å². The van der Waals surface area contributed by atoms with Crippen LogP contribution in [0.15, 0.2) is 123 Å². The summed E-state index contributed by atoms with van der Waals surface area (Å²) in [5.41, 5.74) is 12.2. The Hall–Kier alpha value is -7.00. The van der Waals surface area contributed by atoms with E-state index in [0.29, 0.717) is 115 Å². The molecule has 12 bridgehead atoms. The van der Waals surface area contributed by atoms with Crippen molar-refractivity contribution >= 4 is 0 Å². The van der Waals surface area contributed by atoms with Crippen LogP contribution in [0.5, 0.6) is 34.5 Å². The first kappa shape index (κ1) is 62.6. The Morgan fingerprint density at radius 3 is 0.585 bits per heavy atom. The minimum absolute atomic E-state index is 0.0870. The summed E-state index contributed by atoms with van der Waals surface area (Å²) < 4.78 is 1.18. The van der Waals surface area contributed by atoms with Crippen molar-refractivity contribution in [3.05, 3.63) is 224 Å². The van der Waals surface area contributed by atoms with Gasteiger partial charge in [0, 0.05) is 49.7 Å². The lowest BCUT2D eigenvalue weighted by atomic mass is 9.80. The van der Waals surface area contributed by atoms with E-state index < -0.39 is 0 Å². The average molecular weight is 1110 g/mol. The number of quaternary nitrogens is 2. The summed E-state index contributed by atoms with van der Waals surface area (Å²) in [6.07, 6.45) is 8.88. The Morgan fingerprint density at radius 1 is 0.305 bits per heavy atom. The van der Waals surface area contributed by atoms with E-state index in [-0.39, 0.29) is 94.7 Å². The zero-order valence-corrected chi connectivity index (χ0v) is 52.1. The Morgan fingerprint density at radius 2 is 0.451 bits per heavy atom. The minimum Gasteiger partial charge on any atom is -0.507 e. The van der Waals surface area contributed by atoms with Gasteiger partial charge in [0.2, 0.25) is 0 Å². The average Bonchev–Trinajstić information content (AvgIpc) is 3.41. The molecule has 0 amide bonds. The maximum absolute atomic E-state index is 12.7. The van der Waals surface area contributed by atoms with E-state index in [9.17, 15) is 30.6 Å². The number of phenolic OH excluding ortho intramolecular Hbond substituents is 6. The van der Waals surface area contributed by atoms with Crippen LogP contribution >= 0.6 is 0 Å². The van der Waals surface area contributed by atoms with Gasteiger partial charge in [-0.15, -0.1) is 0 Å². The number of nitrogens with zero attached hydrogens (tertiary/aromatic N) is 2. The molecule has 82 heavy (non-hydrogen) atoms. The first-order valence-corrected chi connectivity index (χ1v) is 29.3. The van der Waals surface area contributed by atoms with E-state index in [4.69, 9.17) is 0 Å². The SMILES string of the molecule is C=CC[N+](C)(CC=C)Cc1cc2c(O)c(c1)Cc1cc(C(C)(C)C)cc(c1O)Cc1cc(C(C)(C)C)cc(c1O)Cc1cc(C[N+](C)(CC=C)CC=C)cc(c1O)Cc1cc(C(C)(C)C)cc(c1O)Cc1cc(C(C)(C)C)cc(c1O)C2. The van der Waals surface area contributed by atoms with Gasteiger partial charge in [-0.05, 0) is 159 Å². The summed E-state index contributed by atoms with van der Waals surface area (Å²) in [4.78, 5) is 0. The van der Waals surface area contributed by atoms with Crippen molar-refractivity contribution in [2.75, 3.05) is 40.3 Å². The van der Waals surface area contributed by atoms with Gasteiger partial charge in [0.15, 0.2) is 0 Å². The summed E-state index contributed by atoms with van der Waals surface area (Å²) in [6, 6.07) is 24.5. The second-order valence-corrected chi connectivity index (χ2v) is 28.6. The zero-order valence-electron chi connectivity index (χ0n) is 52.1. The van der Waals surface area contributed by atoms with Crippen LogP contribution in [0.2, 0.25) is 0 Å². The second kappa shape index (κ2) is 23.7. The molecule has 6 aromatic rings. The molecule has 0 fully saturated rings. The number of benzene rings is 6. The number of likely N-dealkylation sites (N-methyl/N-ethyl adjacent to an activating group) is 2. The summed E-state index contributed by atoms with van der Waals surface area (Å²) in [5.74, 6) is 0.531. The molecule has 6 aromatic carbocycles. The molecule has 436 valence electrons. The van der Waals surface area contributed by atoms with Gasteiger partial charge in [-0.3, -0.25) is 0 Å². The molecule has 8 nitrogen and oxygen atoms in total. The molecule has 0 saturated heterocycles. The number of fused-ring (bicyclic) bond motifs is 12. The van der Waals surface area contributed by atoms with Crippen molar-refractivity contribution in [1.82, 2.24) is 0 Å². The highest BCUT2D eigenvalue weighted by Crippen LogP contribution is 2.44. The fourth-order valence-corrected chi connectivity index (χ4v) is 12.0. The Labute approximate surface area is 492 Å². The first-order valence-electron chi connectivity index (χ1n) is 29.3. The second-order valence-electron chi connectivity index (χ2n) is 28.6. The molecule has 1 aliphatic rings. The molecule has 1 aliphatic carbocycles. The zero-order chi connectivity index (χ0) is 60.7. The first-order chi connectivity index (χ1) is 38.1. The standard InChI is InChI=1S/C74H94N2O6/c1-19-23-75(17,24-20-2)45-47-27-49-31-53-37-61(71(5,6)7)41-57(67(53)79)35-59-43-63(73(11,12)13)39-55(69(59)81)33-51-29-48(46-76(18,25-21-3)26-22-4)30-52(66(51)78)34-56-40-64(74(14,15)16)44-60(70(56)82)36-58-42-62(72(8,9)10)38-54(68(58)80)32-50(28-47)65(49)77/h19-22,27-30,37-44H,1-4,23-26,31-36,45-46H2,5-18H3,(H4-2,77,78,79,80,81,82)/p+2. The van der Waals surface area contributed by atoms with Gasteiger partial charge in [-0.25, -0.2) is 0 Å². The molecule has 8 heteroatoms. The van der Waals surface area contributed by atoms with Crippen LogP contribution in [0.4, 0.5) is 0 Å². The summed E-state index contributed by atoms with van der Waals surface area (Å²) in [6.45, 7) is 46.1. The van der Waals surface area contributed by atoms with E-state index >= 15 is 0 Å². The van der Waals surface area contributed by atoms with Crippen LogP contribution in [0.3, 0.4) is 0 Å². The third kappa shape index (κ3) is 14.2. The van der Waals surface area contributed by atoms with Crippen LogP contribution in [0, 0.1) is 0 Å². The highest BCUT2D eigenvalue weighted by atomic mass is 16.3. The molecule has 0 radical (unpaired) electrons. The predicted octanol–water partition coefficient (Wildman–Crippen LogP) is 15.6. The summed E-state index contributed by atoms with van der Waals surface area (Å²) in [5, 5.41) is 76.2. The maximum atomic E-state index is 12.7. The van der Waals surface area contributed by atoms with Crippen molar-refractivity contribution in [3.8, 4) is 34.5 Å². The van der Waals surface area contributed by atoms with E-state index in [2.05, 4.69) is 123 Å². The van der Waals surface area contributed by atoms with E-state index in [0.717, 1.165) is 33.4 Å². The topological polar surface area (TPSA) is 121 Å². The van der Waals surface area contributed by atoms with Gasteiger partial charge in [-0.2, -0.15) is 0 Å². The summed E-state index contributed by atoms with van der Waals surface area (Å²) in [7, 11) is 4.34.